The van der Waals surface area contributed by atoms with E-state index in [1.54, 1.807) is 35.9 Å². The number of aryl methyl sites for hydroxylation is 2. The Morgan fingerprint density at radius 1 is 0.562 bits per heavy atom. The summed E-state index contributed by atoms with van der Waals surface area (Å²) in [5, 5.41) is 2.04. The molecule has 2 fully saturated rings. The van der Waals surface area contributed by atoms with Crippen LogP contribution in [0.15, 0.2) is 113 Å². The largest absolute Gasteiger partial charge is 0.464 e. The number of nitrogens with two attached hydrogens (primary N) is 2. The molecule has 4 aromatic heterocycles. The molecule has 2 aliphatic rings. The lowest BCUT2D eigenvalue weighted by Crippen LogP contribution is -2.46. The highest BCUT2D eigenvalue weighted by Gasteiger charge is 2.32. The Kier molecular flexibility index (Phi) is 15.5. The highest BCUT2D eigenvalue weighted by atomic mass is 32.1. The van der Waals surface area contributed by atoms with E-state index in [-0.39, 0.29) is 0 Å². The quantitative estimate of drug-likeness (QED) is 0.0817. The first-order valence-electron chi connectivity index (χ1n) is 21.7. The van der Waals surface area contributed by atoms with E-state index in [2.05, 4.69) is 25.8 Å². The lowest BCUT2D eigenvalue weighted by Gasteiger charge is -2.36. The molecular formula is C48H54F6N8OS. The molecular weight excluding hydrogens is 851 g/mol. The van der Waals surface area contributed by atoms with Crippen LogP contribution in [-0.4, -0.2) is 85.2 Å². The summed E-state index contributed by atoms with van der Waals surface area (Å²) >= 11 is 1.67. The molecule has 0 unspecified atom stereocenters. The van der Waals surface area contributed by atoms with Crippen molar-refractivity contribution in [1.82, 2.24) is 19.8 Å². The van der Waals surface area contributed by atoms with Crippen molar-refractivity contribution in [1.29, 1.82) is 0 Å². The molecule has 0 atom stereocenters. The van der Waals surface area contributed by atoms with E-state index in [0.717, 1.165) is 155 Å². The van der Waals surface area contributed by atoms with E-state index in [1.807, 2.05) is 51.7 Å². The molecule has 0 spiro atoms. The number of hydrogen-bond donors (Lipinski definition) is 2. The molecule has 0 saturated carbocycles. The second kappa shape index (κ2) is 21.4. The van der Waals surface area contributed by atoms with Gasteiger partial charge in [-0.05, 0) is 124 Å². The van der Waals surface area contributed by atoms with Gasteiger partial charge in [0.15, 0.2) is 0 Å². The van der Waals surface area contributed by atoms with Crippen LogP contribution in [0.25, 0.3) is 21.8 Å². The van der Waals surface area contributed by atoms with Gasteiger partial charge < -0.3 is 25.7 Å². The van der Waals surface area contributed by atoms with Gasteiger partial charge in [0, 0.05) is 92.1 Å². The fourth-order valence-corrected chi connectivity index (χ4v) is 8.96. The SMILES string of the molecule is Nc1c(-c2ccco2)ccnc1CCCCN1CCN(c2cccc(C(F)(F)F)c2)CC1.Nc1c(-c2cccs2)ccnc1CCCCN1CCN(c2cccc(C(F)(F)F)c2)CC1. The van der Waals surface area contributed by atoms with Gasteiger partial charge in [-0.15, -0.1) is 11.3 Å². The first kappa shape index (κ1) is 46.4. The van der Waals surface area contributed by atoms with E-state index in [1.165, 1.54) is 24.3 Å². The summed E-state index contributed by atoms with van der Waals surface area (Å²) in [4.78, 5) is 18.9. The Morgan fingerprint density at radius 2 is 1.06 bits per heavy atom. The monoisotopic (exact) mass is 904 g/mol. The standard InChI is InChI=1S/C24H27F3N4O.C24H27F3N4S/c2*25-24(26,27)18-5-3-6-19(17-18)31-14-12-30(13-15-31)11-2-1-7-21-23(28)20(9-10-29-21)22-8-4-16-32-22/h2*3-6,8-10,16-17H,1-2,7,11-15,28H2. The van der Waals surface area contributed by atoms with Crippen LogP contribution in [0.3, 0.4) is 0 Å². The van der Waals surface area contributed by atoms with E-state index in [4.69, 9.17) is 15.9 Å². The summed E-state index contributed by atoms with van der Waals surface area (Å²) in [6.07, 6.45) is 2.24. The van der Waals surface area contributed by atoms with Crippen LogP contribution in [-0.2, 0) is 25.2 Å². The van der Waals surface area contributed by atoms with Gasteiger partial charge >= 0.3 is 12.4 Å². The number of rotatable bonds is 14. The highest BCUT2D eigenvalue weighted by molar-refractivity contribution is 7.13. The second-order valence-electron chi connectivity index (χ2n) is 16.1. The summed E-state index contributed by atoms with van der Waals surface area (Å²) in [5.41, 5.74) is 17.9. The number of hydrogen-bond acceptors (Lipinski definition) is 10. The van der Waals surface area contributed by atoms with Gasteiger partial charge in [-0.1, -0.05) is 18.2 Å². The summed E-state index contributed by atoms with van der Waals surface area (Å²) < 4.78 is 83.3. The van der Waals surface area contributed by atoms with Crippen LogP contribution in [0.2, 0.25) is 0 Å². The number of anilines is 4. The minimum absolute atomic E-state index is 0.589. The average Bonchev–Trinajstić information content (AvgIpc) is 4.04. The molecule has 0 radical (unpaired) electrons. The summed E-state index contributed by atoms with van der Waals surface area (Å²) in [7, 11) is 0. The van der Waals surface area contributed by atoms with Crippen molar-refractivity contribution in [3.8, 4) is 21.8 Å². The van der Waals surface area contributed by atoms with Gasteiger partial charge in [0.1, 0.15) is 5.76 Å². The number of pyridine rings is 2. The highest BCUT2D eigenvalue weighted by Crippen LogP contribution is 2.35. The smallest absolute Gasteiger partial charge is 0.416 e. The molecule has 2 aliphatic heterocycles. The van der Waals surface area contributed by atoms with Crippen molar-refractivity contribution in [2.24, 2.45) is 0 Å². The van der Waals surface area contributed by atoms with Gasteiger partial charge in [-0.2, -0.15) is 26.3 Å². The number of thiophene rings is 1. The van der Waals surface area contributed by atoms with Crippen LogP contribution < -0.4 is 21.3 Å². The molecule has 16 heteroatoms. The molecule has 340 valence electrons. The van der Waals surface area contributed by atoms with Crippen LogP contribution >= 0.6 is 11.3 Å². The third-order valence-electron chi connectivity index (χ3n) is 11.8. The zero-order chi connectivity index (χ0) is 45.1. The minimum Gasteiger partial charge on any atom is -0.464 e. The molecule has 2 aromatic carbocycles. The normalized spacial score (nSPS) is 15.3. The van der Waals surface area contributed by atoms with Crippen molar-refractivity contribution >= 4 is 34.1 Å². The lowest BCUT2D eigenvalue weighted by molar-refractivity contribution is -0.138. The fraction of sp³-hybridized carbons (Fsp3) is 0.375. The maximum Gasteiger partial charge on any atom is 0.416 e. The summed E-state index contributed by atoms with van der Waals surface area (Å²) in [6.45, 7) is 8.22. The van der Waals surface area contributed by atoms with Crippen LogP contribution in [0.1, 0.15) is 48.2 Å². The summed E-state index contributed by atoms with van der Waals surface area (Å²) in [5.74, 6) is 0.741. The molecule has 0 aliphatic carbocycles. The fourth-order valence-electron chi connectivity index (χ4n) is 8.20. The van der Waals surface area contributed by atoms with Crippen molar-refractivity contribution in [3.05, 3.63) is 131 Å². The predicted molar refractivity (Wildman–Crippen MR) is 244 cm³/mol. The number of aromatic nitrogens is 2. The van der Waals surface area contributed by atoms with Crippen molar-refractivity contribution in [2.75, 3.05) is 86.7 Å². The number of unbranched alkanes of at least 4 members (excludes halogenated alkanes) is 2. The minimum atomic E-state index is -4.31. The topological polar surface area (TPSA) is 104 Å². The number of nitrogens with zero attached hydrogens (tertiary/aromatic N) is 6. The van der Waals surface area contributed by atoms with Crippen LogP contribution in [0, 0.1) is 0 Å². The Balaban J connectivity index is 0.000000191. The maximum atomic E-state index is 13.0. The van der Waals surface area contributed by atoms with E-state index < -0.39 is 23.5 Å². The Labute approximate surface area is 374 Å². The molecule has 2 saturated heterocycles. The zero-order valence-corrected chi connectivity index (χ0v) is 36.4. The first-order valence-corrected chi connectivity index (χ1v) is 22.5. The van der Waals surface area contributed by atoms with Crippen LogP contribution in [0.5, 0.6) is 0 Å². The number of piperazine rings is 2. The third kappa shape index (κ3) is 12.4. The molecule has 8 rings (SSSR count). The Bertz CT molecular complexity index is 2190. The van der Waals surface area contributed by atoms with Gasteiger partial charge in [0.25, 0.3) is 0 Å². The molecule has 6 aromatic rings. The summed E-state index contributed by atoms with van der Waals surface area (Å²) in [6, 6.07) is 22.8. The van der Waals surface area contributed by atoms with Crippen LogP contribution in [0.4, 0.5) is 49.1 Å². The number of halogens is 6. The molecule has 6 heterocycles. The van der Waals surface area contributed by atoms with Gasteiger partial charge in [0.2, 0.25) is 0 Å². The van der Waals surface area contributed by atoms with Gasteiger partial charge in [0.05, 0.1) is 40.2 Å². The second-order valence-corrected chi connectivity index (χ2v) is 17.0. The lowest BCUT2D eigenvalue weighted by atomic mass is 10.1. The number of alkyl halides is 6. The zero-order valence-electron chi connectivity index (χ0n) is 35.6. The van der Waals surface area contributed by atoms with Crippen molar-refractivity contribution in [3.63, 3.8) is 0 Å². The van der Waals surface area contributed by atoms with Gasteiger partial charge in [-0.3, -0.25) is 19.8 Å². The Morgan fingerprint density at radius 3 is 1.52 bits per heavy atom. The molecule has 9 nitrogen and oxygen atoms in total. The number of benzene rings is 2. The maximum absolute atomic E-state index is 13.0. The third-order valence-corrected chi connectivity index (χ3v) is 12.7. The van der Waals surface area contributed by atoms with Crippen molar-refractivity contribution < 1.29 is 30.8 Å². The molecule has 64 heavy (non-hydrogen) atoms. The number of furan rings is 1. The van der Waals surface area contributed by atoms with E-state index in [0.29, 0.717) is 17.1 Å². The van der Waals surface area contributed by atoms with Crippen molar-refractivity contribution in [2.45, 2.75) is 50.9 Å². The predicted octanol–water partition coefficient (Wildman–Crippen LogP) is 10.6. The average molecular weight is 905 g/mol. The van der Waals surface area contributed by atoms with Gasteiger partial charge in [-0.25, -0.2) is 0 Å². The molecule has 4 N–H and O–H groups in total. The Hall–Kier alpha value is -5.58. The molecule has 0 bridgehead atoms. The van der Waals surface area contributed by atoms with E-state index in [9.17, 15) is 26.3 Å². The first-order chi connectivity index (χ1) is 30.8. The number of nitrogen functional groups attached to an aromatic ring is 2. The van der Waals surface area contributed by atoms with E-state index >= 15 is 0 Å². The molecule has 0 amide bonds.